The number of carbonyl (C=O) groups excluding carboxylic acids is 1. The molecule has 0 radical (unpaired) electrons. The Morgan fingerprint density at radius 2 is 1.87 bits per heavy atom. The number of nitrogens with zero attached hydrogens (tertiary/aromatic N) is 2. The molecule has 0 atom stereocenters. The quantitative estimate of drug-likeness (QED) is 0.319. The number of amides is 1. The average Bonchev–Trinajstić information content (AvgIpc) is 3.47. The second-order valence-electron chi connectivity index (χ2n) is 7.03. The van der Waals surface area contributed by atoms with E-state index in [9.17, 15) is 4.79 Å². The van der Waals surface area contributed by atoms with Crippen molar-refractivity contribution in [2.75, 3.05) is 11.5 Å². The number of ether oxygens (including phenoxy) is 1. The number of carbonyl (C=O) groups is 1. The summed E-state index contributed by atoms with van der Waals surface area (Å²) >= 11 is 1.47. The molecule has 31 heavy (non-hydrogen) atoms. The van der Waals surface area contributed by atoms with Gasteiger partial charge in [0.05, 0.1) is 24.1 Å². The lowest BCUT2D eigenvalue weighted by Gasteiger charge is -2.19. The van der Waals surface area contributed by atoms with E-state index < -0.39 is 0 Å². The van der Waals surface area contributed by atoms with Gasteiger partial charge in [0.2, 0.25) is 0 Å². The van der Waals surface area contributed by atoms with E-state index >= 15 is 0 Å². The Hall–Kier alpha value is -3.64. The lowest BCUT2D eigenvalue weighted by Crippen LogP contribution is -2.30. The van der Waals surface area contributed by atoms with Crippen LogP contribution >= 0.6 is 11.3 Å². The molecule has 0 aliphatic carbocycles. The van der Waals surface area contributed by atoms with Gasteiger partial charge < -0.3 is 9.15 Å². The third-order valence-corrected chi connectivity index (χ3v) is 6.10. The van der Waals surface area contributed by atoms with Crippen LogP contribution in [0, 0.1) is 0 Å². The third-order valence-electron chi connectivity index (χ3n) is 5.06. The SMILES string of the molecule is CCOc1cccc2sc(N(Cc3ccco3)C(=O)c3cccc4ccccc34)nc12. The van der Waals surface area contributed by atoms with E-state index in [2.05, 4.69) is 0 Å². The molecule has 0 aliphatic rings. The van der Waals surface area contributed by atoms with Crippen molar-refractivity contribution >= 4 is 43.4 Å². The Kier molecular flexibility index (Phi) is 5.14. The van der Waals surface area contributed by atoms with Gasteiger partial charge in [-0.25, -0.2) is 4.98 Å². The van der Waals surface area contributed by atoms with Crippen LogP contribution in [0.1, 0.15) is 23.0 Å². The van der Waals surface area contributed by atoms with Crippen molar-refractivity contribution in [1.82, 2.24) is 4.98 Å². The number of furan rings is 1. The van der Waals surface area contributed by atoms with Crippen LogP contribution in [-0.2, 0) is 6.54 Å². The van der Waals surface area contributed by atoms with Gasteiger partial charge in [0, 0.05) is 5.56 Å². The predicted molar refractivity (Wildman–Crippen MR) is 124 cm³/mol. The standard InChI is InChI=1S/C25H20N2O3S/c1-2-29-21-13-6-14-22-23(21)26-25(31-22)27(16-18-10-7-15-30-18)24(28)20-12-5-9-17-8-3-4-11-19(17)20/h3-15H,2,16H2,1H3. The van der Waals surface area contributed by atoms with Gasteiger partial charge >= 0.3 is 0 Å². The van der Waals surface area contributed by atoms with Gasteiger partial charge in [0.15, 0.2) is 5.13 Å². The summed E-state index contributed by atoms with van der Waals surface area (Å²) in [4.78, 5) is 20.3. The normalized spacial score (nSPS) is 11.1. The maximum Gasteiger partial charge on any atom is 0.261 e. The van der Waals surface area contributed by atoms with Crippen LogP contribution in [0.4, 0.5) is 5.13 Å². The zero-order valence-electron chi connectivity index (χ0n) is 16.9. The number of aromatic nitrogens is 1. The summed E-state index contributed by atoms with van der Waals surface area (Å²) < 4.78 is 12.3. The largest absolute Gasteiger partial charge is 0.492 e. The van der Waals surface area contributed by atoms with E-state index in [4.69, 9.17) is 14.1 Å². The number of rotatable bonds is 6. The Bertz CT molecular complexity index is 1350. The number of anilines is 1. The Morgan fingerprint density at radius 3 is 2.71 bits per heavy atom. The topological polar surface area (TPSA) is 55.6 Å². The zero-order valence-corrected chi connectivity index (χ0v) is 17.8. The summed E-state index contributed by atoms with van der Waals surface area (Å²) in [5.74, 6) is 1.29. The Balaban J connectivity index is 1.63. The first kappa shape index (κ1) is 19.3. The lowest BCUT2D eigenvalue weighted by molar-refractivity contribution is 0.0985. The van der Waals surface area contributed by atoms with Crippen molar-refractivity contribution < 1.29 is 13.9 Å². The van der Waals surface area contributed by atoms with E-state index in [-0.39, 0.29) is 5.91 Å². The van der Waals surface area contributed by atoms with E-state index in [1.54, 1.807) is 11.2 Å². The number of benzene rings is 3. The molecule has 0 N–H and O–H groups in total. The van der Waals surface area contributed by atoms with Gasteiger partial charge in [0.25, 0.3) is 5.91 Å². The van der Waals surface area contributed by atoms with Crippen molar-refractivity contribution in [2.45, 2.75) is 13.5 Å². The van der Waals surface area contributed by atoms with Gasteiger partial charge in [-0.3, -0.25) is 9.69 Å². The molecule has 5 nitrogen and oxygen atoms in total. The monoisotopic (exact) mass is 428 g/mol. The number of hydrogen-bond donors (Lipinski definition) is 0. The van der Waals surface area contributed by atoms with Crippen molar-refractivity contribution in [3.63, 3.8) is 0 Å². The van der Waals surface area contributed by atoms with Crippen LogP contribution in [0.15, 0.2) is 83.5 Å². The summed E-state index contributed by atoms with van der Waals surface area (Å²) in [6.07, 6.45) is 1.61. The summed E-state index contributed by atoms with van der Waals surface area (Å²) in [5, 5.41) is 2.54. The minimum atomic E-state index is -0.120. The highest BCUT2D eigenvalue weighted by atomic mass is 32.1. The number of hydrogen-bond acceptors (Lipinski definition) is 5. The van der Waals surface area contributed by atoms with Crippen LogP contribution in [0.5, 0.6) is 5.75 Å². The van der Waals surface area contributed by atoms with Gasteiger partial charge in [-0.2, -0.15) is 0 Å². The highest BCUT2D eigenvalue weighted by Crippen LogP contribution is 2.36. The van der Waals surface area contributed by atoms with Crippen molar-refractivity contribution in [3.8, 4) is 5.75 Å². The summed E-state index contributed by atoms with van der Waals surface area (Å²) in [5.41, 5.74) is 1.40. The molecular formula is C25H20N2O3S. The van der Waals surface area contributed by atoms with Crippen LogP contribution in [0.25, 0.3) is 21.0 Å². The van der Waals surface area contributed by atoms with Crippen LogP contribution in [0.2, 0.25) is 0 Å². The first-order chi connectivity index (χ1) is 15.2. The summed E-state index contributed by atoms with van der Waals surface area (Å²) in [6, 6.07) is 23.2. The summed E-state index contributed by atoms with van der Waals surface area (Å²) in [7, 11) is 0. The molecule has 5 rings (SSSR count). The molecule has 5 aromatic rings. The maximum absolute atomic E-state index is 13.8. The molecule has 2 aromatic heterocycles. The molecule has 2 heterocycles. The molecule has 0 saturated carbocycles. The second-order valence-corrected chi connectivity index (χ2v) is 8.04. The molecule has 0 saturated heterocycles. The minimum Gasteiger partial charge on any atom is -0.492 e. The fourth-order valence-electron chi connectivity index (χ4n) is 3.64. The van der Waals surface area contributed by atoms with Gasteiger partial charge in [-0.05, 0) is 48.0 Å². The molecule has 3 aromatic carbocycles. The first-order valence-corrected chi connectivity index (χ1v) is 10.9. The molecule has 0 bridgehead atoms. The van der Waals surface area contributed by atoms with Crippen molar-refractivity contribution in [2.24, 2.45) is 0 Å². The smallest absolute Gasteiger partial charge is 0.261 e. The van der Waals surface area contributed by atoms with E-state index in [1.165, 1.54) is 11.3 Å². The van der Waals surface area contributed by atoms with Crippen LogP contribution < -0.4 is 9.64 Å². The van der Waals surface area contributed by atoms with Gasteiger partial charge in [-0.15, -0.1) is 0 Å². The van der Waals surface area contributed by atoms with E-state index in [1.807, 2.05) is 79.7 Å². The molecule has 0 fully saturated rings. The van der Waals surface area contributed by atoms with Crippen LogP contribution in [-0.4, -0.2) is 17.5 Å². The highest BCUT2D eigenvalue weighted by Gasteiger charge is 2.24. The molecule has 0 aliphatic heterocycles. The van der Waals surface area contributed by atoms with Crippen molar-refractivity contribution in [3.05, 3.63) is 90.4 Å². The fourth-order valence-corrected chi connectivity index (χ4v) is 4.62. The fraction of sp³-hybridized carbons (Fsp3) is 0.120. The zero-order chi connectivity index (χ0) is 21.2. The molecule has 154 valence electrons. The predicted octanol–water partition coefficient (Wildman–Crippen LogP) is 6.29. The molecule has 6 heteroatoms. The summed E-state index contributed by atoms with van der Waals surface area (Å²) in [6.45, 7) is 2.79. The third kappa shape index (κ3) is 3.66. The lowest BCUT2D eigenvalue weighted by atomic mass is 10.0. The molecule has 0 unspecified atom stereocenters. The van der Waals surface area contributed by atoms with E-state index in [0.717, 1.165) is 26.7 Å². The first-order valence-electron chi connectivity index (χ1n) is 10.1. The van der Waals surface area contributed by atoms with Gasteiger partial charge in [-0.1, -0.05) is 53.8 Å². The van der Waals surface area contributed by atoms with Crippen molar-refractivity contribution in [1.29, 1.82) is 0 Å². The number of fused-ring (bicyclic) bond motifs is 2. The number of thiazole rings is 1. The Morgan fingerprint density at radius 1 is 1.03 bits per heavy atom. The molecular weight excluding hydrogens is 408 g/mol. The minimum absolute atomic E-state index is 0.120. The second kappa shape index (κ2) is 8.24. The Labute approximate surface area is 183 Å². The maximum atomic E-state index is 13.8. The molecule has 0 spiro atoms. The molecule has 1 amide bonds. The average molecular weight is 429 g/mol. The van der Waals surface area contributed by atoms with Gasteiger partial charge in [0.1, 0.15) is 17.0 Å². The van der Waals surface area contributed by atoms with E-state index in [0.29, 0.717) is 29.6 Å². The van der Waals surface area contributed by atoms with Crippen LogP contribution in [0.3, 0.4) is 0 Å². The number of para-hydroxylation sites is 1. The highest BCUT2D eigenvalue weighted by molar-refractivity contribution is 7.22.